The van der Waals surface area contributed by atoms with Crippen LogP contribution in [0.2, 0.25) is 0 Å². The van der Waals surface area contributed by atoms with E-state index in [0.717, 1.165) is 10.6 Å². The van der Waals surface area contributed by atoms with E-state index in [1.54, 1.807) is 6.92 Å². The van der Waals surface area contributed by atoms with Crippen molar-refractivity contribution < 1.29 is 19.3 Å². The first kappa shape index (κ1) is 13.9. The topological polar surface area (TPSA) is 84.6 Å². The number of halogens is 1. The Hall–Kier alpha value is -1.57. The molecule has 19 heavy (non-hydrogen) atoms. The lowest BCUT2D eigenvalue weighted by Gasteiger charge is -2.25. The van der Waals surface area contributed by atoms with E-state index in [-0.39, 0.29) is 0 Å². The molecule has 2 rings (SSSR count). The Balaban J connectivity index is 2.42. The van der Waals surface area contributed by atoms with Gasteiger partial charge in [-0.3, -0.25) is 4.57 Å². The largest absolute Gasteiger partial charge is 0.393 e. The van der Waals surface area contributed by atoms with E-state index in [9.17, 15) is 19.4 Å². The Morgan fingerprint density at radius 3 is 2.89 bits per heavy atom. The van der Waals surface area contributed by atoms with E-state index in [2.05, 4.69) is 11.6 Å². The van der Waals surface area contributed by atoms with Gasteiger partial charge in [-0.1, -0.05) is 6.08 Å². The molecule has 2 N–H and O–H groups in total. The van der Waals surface area contributed by atoms with E-state index >= 15 is 0 Å². The molecule has 1 saturated heterocycles. The molecule has 0 bridgehead atoms. The van der Waals surface area contributed by atoms with Gasteiger partial charge >= 0.3 is 5.69 Å². The molecule has 0 saturated carbocycles. The number of hydrogen-bond acceptors (Lipinski definition) is 5. The molecule has 1 fully saturated rings. The Labute approximate surface area is 108 Å². The lowest BCUT2D eigenvalue weighted by Crippen LogP contribution is -2.43. The summed E-state index contributed by atoms with van der Waals surface area (Å²) in [7, 11) is 0. The molecule has 7 heteroatoms. The van der Waals surface area contributed by atoms with Crippen molar-refractivity contribution in [3.63, 3.8) is 0 Å². The van der Waals surface area contributed by atoms with E-state index in [0.29, 0.717) is 5.69 Å². The molecule has 4 unspecified atom stereocenters. The van der Waals surface area contributed by atoms with Crippen LogP contribution in [0, 0.1) is 6.92 Å². The summed E-state index contributed by atoms with van der Waals surface area (Å²) >= 11 is 0. The number of alkyl halides is 1. The zero-order valence-corrected chi connectivity index (χ0v) is 10.4. The van der Waals surface area contributed by atoms with Crippen LogP contribution in [0.25, 0.3) is 0 Å². The fraction of sp³-hybridized carbons (Fsp3) is 0.500. The van der Waals surface area contributed by atoms with Crippen LogP contribution < -0.4 is 5.69 Å². The first-order valence-electron chi connectivity index (χ1n) is 5.75. The molecule has 6 nitrogen and oxygen atoms in total. The Kier molecular flexibility index (Phi) is 3.53. The summed E-state index contributed by atoms with van der Waals surface area (Å²) in [6.07, 6.45) is -2.34. The molecule has 2 heterocycles. The number of ether oxygens (including phenoxy) is 1. The van der Waals surface area contributed by atoms with Crippen molar-refractivity contribution in [2.24, 2.45) is 0 Å². The van der Waals surface area contributed by atoms with Crippen LogP contribution in [0.15, 0.2) is 29.7 Å². The van der Waals surface area contributed by atoms with Crippen molar-refractivity contribution in [1.82, 2.24) is 9.55 Å². The SMILES string of the molecule is C=CC1(CO)OC(n2ccc(C)nc2=O)C(F)C1O. The predicted molar refractivity (Wildman–Crippen MR) is 64.3 cm³/mol. The standard InChI is InChI=1S/C12H15FN2O4/c1-3-12(6-16)9(17)8(13)10(19-12)15-5-4-7(2)14-11(15)18/h3-5,8-10,16-17H,1,6H2,2H3. The zero-order chi connectivity index (χ0) is 14.2. The van der Waals surface area contributed by atoms with Crippen molar-refractivity contribution in [1.29, 1.82) is 0 Å². The smallest absolute Gasteiger partial charge is 0.349 e. The minimum Gasteiger partial charge on any atom is -0.393 e. The molecular formula is C12H15FN2O4. The quantitative estimate of drug-likeness (QED) is 0.736. The third-order valence-electron chi connectivity index (χ3n) is 3.25. The van der Waals surface area contributed by atoms with Crippen LogP contribution in [0.1, 0.15) is 11.9 Å². The predicted octanol–water partition coefficient (Wildman–Crippen LogP) is -0.303. The minimum absolute atomic E-state index is 0.493. The molecule has 1 aliphatic rings. The Morgan fingerprint density at radius 1 is 1.74 bits per heavy atom. The highest BCUT2D eigenvalue weighted by atomic mass is 19.1. The molecule has 0 spiro atoms. The highest BCUT2D eigenvalue weighted by Crippen LogP contribution is 2.38. The van der Waals surface area contributed by atoms with Crippen molar-refractivity contribution >= 4 is 0 Å². The van der Waals surface area contributed by atoms with Gasteiger partial charge in [0, 0.05) is 11.9 Å². The minimum atomic E-state index is -1.87. The highest BCUT2D eigenvalue weighted by molar-refractivity contribution is 5.11. The van der Waals surface area contributed by atoms with Gasteiger partial charge in [-0.15, -0.1) is 6.58 Å². The molecule has 0 aliphatic carbocycles. The fourth-order valence-corrected chi connectivity index (χ4v) is 2.05. The summed E-state index contributed by atoms with van der Waals surface area (Å²) in [5.74, 6) is 0. The maximum atomic E-state index is 14.1. The normalized spacial score (nSPS) is 34.4. The second kappa shape index (κ2) is 4.84. The average molecular weight is 270 g/mol. The van der Waals surface area contributed by atoms with Gasteiger partial charge in [0.05, 0.1) is 6.61 Å². The van der Waals surface area contributed by atoms with Gasteiger partial charge in [0.1, 0.15) is 11.7 Å². The van der Waals surface area contributed by atoms with E-state index in [4.69, 9.17) is 4.74 Å². The van der Waals surface area contributed by atoms with Crippen LogP contribution in [0.4, 0.5) is 4.39 Å². The molecular weight excluding hydrogens is 255 g/mol. The van der Waals surface area contributed by atoms with Gasteiger partial charge < -0.3 is 14.9 Å². The zero-order valence-electron chi connectivity index (χ0n) is 10.4. The van der Waals surface area contributed by atoms with Crippen molar-refractivity contribution in [2.75, 3.05) is 6.61 Å². The number of aliphatic hydroxyl groups excluding tert-OH is 2. The van der Waals surface area contributed by atoms with Crippen molar-refractivity contribution in [3.8, 4) is 0 Å². The van der Waals surface area contributed by atoms with Gasteiger partial charge in [-0.25, -0.2) is 9.18 Å². The second-order valence-electron chi connectivity index (χ2n) is 4.47. The summed E-state index contributed by atoms with van der Waals surface area (Å²) < 4.78 is 20.4. The van der Waals surface area contributed by atoms with Crippen molar-refractivity contribution in [3.05, 3.63) is 41.1 Å². The van der Waals surface area contributed by atoms with Crippen LogP contribution in [0.3, 0.4) is 0 Å². The summed E-state index contributed by atoms with van der Waals surface area (Å²) in [6, 6.07) is 1.52. The maximum Gasteiger partial charge on any atom is 0.349 e. The van der Waals surface area contributed by atoms with Crippen LogP contribution in [-0.2, 0) is 4.74 Å². The summed E-state index contributed by atoms with van der Waals surface area (Å²) in [6.45, 7) is 4.41. The van der Waals surface area contributed by atoms with Gasteiger partial charge in [-0.05, 0) is 13.0 Å². The summed E-state index contributed by atoms with van der Waals surface area (Å²) in [4.78, 5) is 15.4. The maximum absolute atomic E-state index is 14.1. The second-order valence-corrected chi connectivity index (χ2v) is 4.47. The molecule has 1 aliphatic heterocycles. The lowest BCUT2D eigenvalue weighted by molar-refractivity contribution is -0.0982. The highest BCUT2D eigenvalue weighted by Gasteiger charge is 2.54. The first-order chi connectivity index (χ1) is 8.95. The van der Waals surface area contributed by atoms with E-state index in [1.807, 2.05) is 0 Å². The van der Waals surface area contributed by atoms with Crippen LogP contribution in [-0.4, -0.2) is 44.2 Å². The Bertz CT molecular complexity index is 547. The van der Waals surface area contributed by atoms with Crippen LogP contribution >= 0.6 is 0 Å². The van der Waals surface area contributed by atoms with E-state index in [1.165, 1.54) is 12.3 Å². The number of aliphatic hydroxyl groups is 2. The molecule has 1 aromatic heterocycles. The van der Waals surface area contributed by atoms with Gasteiger partial charge in [0.15, 0.2) is 12.4 Å². The molecule has 0 radical (unpaired) electrons. The molecule has 104 valence electrons. The molecule has 4 atom stereocenters. The van der Waals surface area contributed by atoms with Gasteiger partial charge in [-0.2, -0.15) is 4.98 Å². The molecule has 1 aromatic rings. The summed E-state index contributed by atoms with van der Waals surface area (Å²) in [5.41, 5.74) is -1.81. The van der Waals surface area contributed by atoms with Crippen LogP contribution in [0.5, 0.6) is 0 Å². The third kappa shape index (κ3) is 2.09. The number of nitrogens with zero attached hydrogens (tertiary/aromatic N) is 2. The first-order valence-corrected chi connectivity index (χ1v) is 5.75. The number of aromatic nitrogens is 2. The fourth-order valence-electron chi connectivity index (χ4n) is 2.05. The van der Waals surface area contributed by atoms with E-state index < -0.39 is 36.4 Å². The molecule has 0 amide bonds. The number of aryl methyl sites for hydroxylation is 1. The Morgan fingerprint density at radius 2 is 2.42 bits per heavy atom. The third-order valence-corrected chi connectivity index (χ3v) is 3.25. The summed E-state index contributed by atoms with van der Waals surface area (Å²) in [5, 5.41) is 19.1. The van der Waals surface area contributed by atoms with Crippen molar-refractivity contribution in [2.45, 2.75) is 31.0 Å². The van der Waals surface area contributed by atoms with Gasteiger partial charge in [0.2, 0.25) is 0 Å². The monoisotopic (exact) mass is 270 g/mol. The van der Waals surface area contributed by atoms with Gasteiger partial charge in [0.25, 0.3) is 0 Å². The molecule has 0 aromatic carbocycles. The lowest BCUT2D eigenvalue weighted by atomic mass is 9.97. The average Bonchev–Trinajstić information content (AvgIpc) is 2.64. The number of rotatable bonds is 3. The number of hydrogen-bond donors (Lipinski definition) is 2.